The van der Waals surface area contributed by atoms with E-state index in [0.717, 1.165) is 32.1 Å². The molecule has 3 nitrogen and oxygen atoms in total. The van der Waals surface area contributed by atoms with Crippen LogP contribution in [0.3, 0.4) is 0 Å². The molecule has 0 radical (unpaired) electrons. The molecule has 6 heteroatoms. The van der Waals surface area contributed by atoms with Crippen molar-refractivity contribution in [2.45, 2.75) is 64.7 Å². The maximum absolute atomic E-state index is 6.11. The Labute approximate surface area is 129 Å². The number of thiol groups is 1. The summed E-state index contributed by atoms with van der Waals surface area (Å²) in [6.07, 6.45) is 5.06. The van der Waals surface area contributed by atoms with Gasteiger partial charge >= 0.3 is 8.80 Å². The highest BCUT2D eigenvalue weighted by Crippen LogP contribution is 2.32. The van der Waals surface area contributed by atoms with E-state index in [-0.39, 0.29) is 4.87 Å². The molecule has 0 aliphatic rings. The minimum absolute atomic E-state index is 0.227. The molecule has 0 aromatic heterocycles. The Bertz CT molecular complexity index is 187. The fraction of sp³-hybridized carbons (Fsp3) is 1.00. The summed E-state index contributed by atoms with van der Waals surface area (Å²) in [5.41, 5.74) is 0. The third-order valence-corrected chi connectivity index (χ3v) is 8.56. The standard InChI is InChI=1S/C13H30O3S2Si/c1-5-9-13(18-17)19(14-10-6-2,15-11-7-3)16-12-8-4/h13,17H,5-12H2,1-4H3. The van der Waals surface area contributed by atoms with Crippen molar-refractivity contribution in [2.75, 3.05) is 19.8 Å². The monoisotopic (exact) mass is 326 g/mol. The molecule has 116 valence electrons. The van der Waals surface area contributed by atoms with E-state index in [1.807, 2.05) is 0 Å². The zero-order chi connectivity index (χ0) is 14.6. The summed E-state index contributed by atoms with van der Waals surface area (Å²) in [6.45, 7) is 10.6. The SMILES string of the molecule is CCCO[Si](OCCC)(OCCC)C(CCC)SS. The van der Waals surface area contributed by atoms with Crippen molar-refractivity contribution < 1.29 is 13.3 Å². The van der Waals surface area contributed by atoms with Crippen molar-refractivity contribution in [3.05, 3.63) is 0 Å². The Kier molecular flexibility index (Phi) is 13.1. The first-order valence-corrected chi connectivity index (χ1v) is 11.2. The Morgan fingerprint density at radius 1 is 0.842 bits per heavy atom. The second-order valence-electron chi connectivity index (χ2n) is 4.53. The van der Waals surface area contributed by atoms with Crippen LogP contribution >= 0.6 is 22.5 Å². The van der Waals surface area contributed by atoms with Crippen molar-refractivity contribution in [2.24, 2.45) is 0 Å². The van der Waals surface area contributed by atoms with Gasteiger partial charge in [-0.05, 0) is 25.7 Å². The normalized spacial score (nSPS) is 13.7. The number of hydrogen-bond acceptors (Lipinski definition) is 5. The first-order valence-electron chi connectivity index (χ1n) is 7.42. The summed E-state index contributed by atoms with van der Waals surface area (Å²) >= 11 is 4.42. The number of rotatable bonds is 13. The van der Waals surface area contributed by atoms with Gasteiger partial charge in [-0.15, -0.1) is 11.7 Å². The van der Waals surface area contributed by atoms with Crippen LogP contribution in [0.4, 0.5) is 0 Å². The lowest BCUT2D eigenvalue weighted by atomic mass is 10.4. The second-order valence-corrected chi connectivity index (χ2v) is 9.13. The molecule has 0 aliphatic heterocycles. The Morgan fingerprint density at radius 2 is 1.26 bits per heavy atom. The lowest BCUT2D eigenvalue weighted by molar-refractivity contribution is 0.0569. The van der Waals surface area contributed by atoms with Crippen LogP contribution in [0.1, 0.15) is 59.8 Å². The maximum atomic E-state index is 6.11. The van der Waals surface area contributed by atoms with E-state index in [9.17, 15) is 0 Å². The molecule has 0 amide bonds. The minimum atomic E-state index is -2.62. The van der Waals surface area contributed by atoms with Gasteiger partial charge in [-0.25, -0.2) is 0 Å². The van der Waals surface area contributed by atoms with E-state index < -0.39 is 8.80 Å². The number of hydrogen-bond donors (Lipinski definition) is 1. The third kappa shape index (κ3) is 7.39. The van der Waals surface area contributed by atoms with E-state index in [2.05, 4.69) is 39.4 Å². The van der Waals surface area contributed by atoms with Crippen molar-refractivity contribution >= 4 is 31.3 Å². The largest absolute Gasteiger partial charge is 0.515 e. The smallest absolute Gasteiger partial charge is 0.373 e. The summed E-state index contributed by atoms with van der Waals surface area (Å²) in [6, 6.07) is 0. The van der Waals surface area contributed by atoms with E-state index in [1.54, 1.807) is 0 Å². The molecule has 0 aliphatic carbocycles. The first kappa shape index (κ1) is 19.8. The van der Waals surface area contributed by atoms with E-state index >= 15 is 0 Å². The van der Waals surface area contributed by atoms with Crippen LogP contribution in [0.2, 0.25) is 0 Å². The maximum Gasteiger partial charge on any atom is 0.515 e. The van der Waals surface area contributed by atoms with Crippen LogP contribution in [0.15, 0.2) is 0 Å². The quantitative estimate of drug-likeness (QED) is 0.306. The molecular formula is C13H30O3S2Si. The summed E-state index contributed by atoms with van der Waals surface area (Å²) in [5.74, 6) is 0. The van der Waals surface area contributed by atoms with Gasteiger partial charge in [0.05, 0.1) is 4.87 Å². The van der Waals surface area contributed by atoms with E-state index in [4.69, 9.17) is 13.3 Å². The van der Waals surface area contributed by atoms with Crippen LogP contribution in [-0.4, -0.2) is 33.5 Å². The molecule has 0 fully saturated rings. The summed E-state index contributed by atoms with van der Waals surface area (Å²) in [7, 11) is -1.09. The zero-order valence-corrected chi connectivity index (χ0v) is 15.5. The average Bonchev–Trinajstić information content (AvgIpc) is 2.44. The zero-order valence-electron chi connectivity index (χ0n) is 12.8. The average molecular weight is 327 g/mol. The van der Waals surface area contributed by atoms with Crippen LogP contribution < -0.4 is 0 Å². The predicted molar refractivity (Wildman–Crippen MR) is 89.8 cm³/mol. The molecule has 1 unspecified atom stereocenters. The Morgan fingerprint density at radius 3 is 1.53 bits per heavy atom. The van der Waals surface area contributed by atoms with Crippen molar-refractivity contribution in [3.8, 4) is 0 Å². The van der Waals surface area contributed by atoms with Crippen molar-refractivity contribution in [3.63, 3.8) is 0 Å². The van der Waals surface area contributed by atoms with Crippen molar-refractivity contribution in [1.29, 1.82) is 0 Å². The highest BCUT2D eigenvalue weighted by molar-refractivity contribution is 8.69. The fourth-order valence-corrected chi connectivity index (χ4v) is 7.56. The molecule has 19 heavy (non-hydrogen) atoms. The van der Waals surface area contributed by atoms with E-state index in [0.29, 0.717) is 19.8 Å². The van der Waals surface area contributed by atoms with Gasteiger partial charge in [-0.3, -0.25) is 0 Å². The third-order valence-electron chi connectivity index (χ3n) is 2.59. The molecule has 0 heterocycles. The van der Waals surface area contributed by atoms with Gasteiger partial charge < -0.3 is 13.3 Å². The summed E-state index contributed by atoms with van der Waals surface area (Å²) in [4.78, 5) is 0.227. The molecule has 0 rings (SSSR count). The molecule has 0 bridgehead atoms. The molecule has 0 aromatic rings. The Hall–Kier alpha value is 0.797. The highest BCUT2D eigenvalue weighted by Gasteiger charge is 2.49. The molecule has 0 saturated carbocycles. The van der Waals surface area contributed by atoms with Gasteiger partial charge in [0.25, 0.3) is 0 Å². The predicted octanol–water partition coefficient (Wildman–Crippen LogP) is 4.49. The topological polar surface area (TPSA) is 27.7 Å². The molecule has 1 atom stereocenters. The van der Waals surface area contributed by atoms with Gasteiger partial charge in [0, 0.05) is 19.8 Å². The summed E-state index contributed by atoms with van der Waals surface area (Å²) in [5, 5.41) is 0. The van der Waals surface area contributed by atoms with Gasteiger partial charge in [0.2, 0.25) is 0 Å². The van der Waals surface area contributed by atoms with Crippen molar-refractivity contribution in [1.82, 2.24) is 0 Å². The van der Waals surface area contributed by atoms with E-state index in [1.165, 1.54) is 10.8 Å². The molecule has 0 aromatic carbocycles. The lowest BCUT2D eigenvalue weighted by Gasteiger charge is -2.34. The minimum Gasteiger partial charge on any atom is -0.373 e. The van der Waals surface area contributed by atoms with Gasteiger partial charge in [-0.2, -0.15) is 0 Å². The second kappa shape index (κ2) is 12.5. The molecule has 0 spiro atoms. The molecular weight excluding hydrogens is 296 g/mol. The van der Waals surface area contributed by atoms with Gasteiger partial charge in [0.15, 0.2) is 0 Å². The van der Waals surface area contributed by atoms with Gasteiger partial charge in [-0.1, -0.05) is 44.9 Å². The van der Waals surface area contributed by atoms with Crippen LogP contribution in [-0.2, 0) is 13.3 Å². The van der Waals surface area contributed by atoms with Crippen LogP contribution in [0.5, 0.6) is 0 Å². The molecule has 0 N–H and O–H groups in total. The Balaban J connectivity index is 4.92. The van der Waals surface area contributed by atoms with Crippen LogP contribution in [0, 0.1) is 0 Å². The summed E-state index contributed by atoms with van der Waals surface area (Å²) < 4.78 is 18.3. The van der Waals surface area contributed by atoms with Crippen LogP contribution in [0.25, 0.3) is 0 Å². The fourth-order valence-electron chi connectivity index (χ4n) is 1.69. The molecule has 0 saturated heterocycles. The lowest BCUT2D eigenvalue weighted by Crippen LogP contribution is -2.55. The highest BCUT2D eigenvalue weighted by atomic mass is 33.1. The first-order chi connectivity index (χ1) is 9.20. The van der Waals surface area contributed by atoms with Gasteiger partial charge in [0.1, 0.15) is 0 Å².